The summed E-state index contributed by atoms with van der Waals surface area (Å²) in [6.07, 6.45) is 1.18. The van der Waals surface area contributed by atoms with Crippen molar-refractivity contribution in [3.8, 4) is 0 Å². The second-order valence-electron chi connectivity index (χ2n) is 7.53. The zero-order valence-corrected chi connectivity index (χ0v) is 21.2. The van der Waals surface area contributed by atoms with Crippen molar-refractivity contribution < 1.29 is 4.52 Å². The molecule has 0 bridgehead atoms. The number of nitrogens with zero attached hydrogens (tertiary/aromatic N) is 3. The van der Waals surface area contributed by atoms with E-state index in [2.05, 4.69) is 86.6 Å². The molecule has 0 aliphatic carbocycles. The highest BCUT2D eigenvalue weighted by atomic mass is 127. The maximum atomic E-state index is 5.38. The van der Waals surface area contributed by atoms with Gasteiger partial charge in [-0.3, -0.25) is 0 Å². The van der Waals surface area contributed by atoms with Gasteiger partial charge in [-0.05, 0) is 43.4 Å². The van der Waals surface area contributed by atoms with Crippen LogP contribution < -0.4 is 15.5 Å². The van der Waals surface area contributed by atoms with E-state index in [1.165, 1.54) is 12.1 Å². The van der Waals surface area contributed by atoms with Crippen LogP contribution in [0, 0.1) is 5.92 Å². The minimum atomic E-state index is 0. The second-order valence-corrected chi connectivity index (χ2v) is 8.45. The van der Waals surface area contributed by atoms with Gasteiger partial charge in [-0.1, -0.05) is 41.0 Å². The van der Waals surface area contributed by atoms with Gasteiger partial charge >= 0.3 is 0 Å². The fourth-order valence-electron chi connectivity index (χ4n) is 3.32. The molecule has 1 aromatic heterocycles. The number of nitrogens with one attached hydrogen (secondary N) is 2. The molecule has 1 unspecified atom stereocenters. The summed E-state index contributed by atoms with van der Waals surface area (Å²) in [6, 6.07) is 10.5. The Kier molecular flexibility index (Phi) is 9.74. The third-order valence-electron chi connectivity index (χ3n) is 4.92. The molecule has 0 amide bonds. The van der Waals surface area contributed by atoms with Gasteiger partial charge in [0.1, 0.15) is 6.54 Å². The molecule has 0 saturated carbocycles. The van der Waals surface area contributed by atoms with Crippen LogP contribution in [0.2, 0.25) is 0 Å². The number of aliphatic imine (C=N–C) groups is 1. The van der Waals surface area contributed by atoms with Gasteiger partial charge in [0.2, 0.25) is 0 Å². The standard InChI is InChI=1S/C21H30BrN5O.HI/c1-4-23-21(25-13-19-11-20(15(2)3)26-28-19)24-12-16-8-9-27(14-16)18-7-5-6-17(22)10-18;/h5-7,10-11,15-16H,4,8-9,12-14H2,1-3H3,(H2,23,24,25);1H. The second kappa shape index (κ2) is 11.8. The molecule has 0 spiro atoms. The van der Waals surface area contributed by atoms with Gasteiger partial charge in [0.15, 0.2) is 11.7 Å². The van der Waals surface area contributed by atoms with E-state index in [1.54, 1.807) is 0 Å². The first-order chi connectivity index (χ1) is 13.5. The number of rotatable bonds is 7. The monoisotopic (exact) mass is 575 g/mol. The number of benzene rings is 1. The lowest BCUT2D eigenvalue weighted by Gasteiger charge is -2.19. The first-order valence-electron chi connectivity index (χ1n) is 10.0. The van der Waals surface area contributed by atoms with Gasteiger partial charge in [0, 0.05) is 42.4 Å². The Morgan fingerprint density at radius 1 is 1.34 bits per heavy atom. The minimum absolute atomic E-state index is 0. The molecular formula is C21H31BrIN5O. The van der Waals surface area contributed by atoms with Gasteiger partial charge in [0.25, 0.3) is 0 Å². The van der Waals surface area contributed by atoms with E-state index in [0.717, 1.165) is 48.1 Å². The van der Waals surface area contributed by atoms with Crippen molar-refractivity contribution in [2.24, 2.45) is 10.9 Å². The molecule has 6 nitrogen and oxygen atoms in total. The number of guanidine groups is 1. The molecule has 160 valence electrons. The molecule has 1 aromatic carbocycles. The van der Waals surface area contributed by atoms with Gasteiger partial charge in [-0.2, -0.15) is 0 Å². The van der Waals surface area contributed by atoms with E-state index < -0.39 is 0 Å². The number of aromatic nitrogens is 1. The van der Waals surface area contributed by atoms with E-state index in [0.29, 0.717) is 18.4 Å². The topological polar surface area (TPSA) is 65.7 Å². The molecule has 2 N–H and O–H groups in total. The number of anilines is 1. The maximum Gasteiger partial charge on any atom is 0.191 e. The molecule has 2 aromatic rings. The van der Waals surface area contributed by atoms with Crippen molar-refractivity contribution in [2.75, 3.05) is 31.1 Å². The Bertz CT molecular complexity index is 795. The minimum Gasteiger partial charge on any atom is -0.371 e. The average Bonchev–Trinajstić information content (AvgIpc) is 3.34. The van der Waals surface area contributed by atoms with Crippen LogP contribution in [0.3, 0.4) is 0 Å². The Balaban J connectivity index is 0.00000300. The van der Waals surface area contributed by atoms with Crippen LogP contribution in [-0.4, -0.2) is 37.3 Å². The maximum absolute atomic E-state index is 5.38. The van der Waals surface area contributed by atoms with Gasteiger partial charge in [-0.25, -0.2) is 4.99 Å². The quantitative estimate of drug-likeness (QED) is 0.283. The third-order valence-corrected chi connectivity index (χ3v) is 5.42. The van der Waals surface area contributed by atoms with Crippen molar-refractivity contribution in [3.05, 3.63) is 46.3 Å². The summed E-state index contributed by atoms with van der Waals surface area (Å²) in [7, 11) is 0. The Labute approximate surface area is 199 Å². The highest BCUT2D eigenvalue weighted by molar-refractivity contribution is 14.0. The molecule has 3 rings (SSSR count). The summed E-state index contributed by atoms with van der Waals surface area (Å²) < 4.78 is 6.51. The van der Waals surface area contributed by atoms with E-state index >= 15 is 0 Å². The fraction of sp³-hybridized carbons (Fsp3) is 0.524. The van der Waals surface area contributed by atoms with Crippen LogP contribution in [0.25, 0.3) is 0 Å². The zero-order chi connectivity index (χ0) is 19.9. The molecule has 1 fully saturated rings. The molecular weight excluding hydrogens is 545 g/mol. The van der Waals surface area contributed by atoms with Crippen molar-refractivity contribution >= 4 is 51.6 Å². The predicted molar refractivity (Wildman–Crippen MR) is 133 cm³/mol. The molecule has 1 atom stereocenters. The molecule has 1 aliphatic heterocycles. The number of hydrogen-bond donors (Lipinski definition) is 2. The average molecular weight is 576 g/mol. The van der Waals surface area contributed by atoms with E-state index in [-0.39, 0.29) is 24.0 Å². The Morgan fingerprint density at radius 3 is 2.86 bits per heavy atom. The van der Waals surface area contributed by atoms with Crippen LogP contribution in [0.5, 0.6) is 0 Å². The summed E-state index contributed by atoms with van der Waals surface area (Å²) in [5, 5.41) is 10.9. The lowest BCUT2D eigenvalue weighted by molar-refractivity contribution is 0.376. The van der Waals surface area contributed by atoms with Crippen LogP contribution in [0.15, 0.2) is 44.3 Å². The van der Waals surface area contributed by atoms with E-state index in [9.17, 15) is 0 Å². The lowest BCUT2D eigenvalue weighted by atomic mass is 10.1. The van der Waals surface area contributed by atoms with Crippen molar-refractivity contribution in [1.29, 1.82) is 0 Å². The summed E-state index contributed by atoms with van der Waals surface area (Å²) in [6.45, 7) is 10.7. The molecule has 2 heterocycles. The molecule has 1 saturated heterocycles. The van der Waals surface area contributed by atoms with Crippen LogP contribution >= 0.6 is 39.9 Å². The SMILES string of the molecule is CCNC(=NCc1cc(C(C)C)no1)NCC1CCN(c2cccc(Br)c2)C1.I. The molecule has 0 radical (unpaired) electrons. The summed E-state index contributed by atoms with van der Waals surface area (Å²) in [5.74, 6) is 2.58. The summed E-state index contributed by atoms with van der Waals surface area (Å²) >= 11 is 3.56. The van der Waals surface area contributed by atoms with Crippen molar-refractivity contribution in [2.45, 2.75) is 39.7 Å². The molecule has 1 aliphatic rings. The number of hydrogen-bond acceptors (Lipinski definition) is 4. The fourth-order valence-corrected chi connectivity index (χ4v) is 3.71. The highest BCUT2D eigenvalue weighted by Crippen LogP contribution is 2.25. The normalized spacial score (nSPS) is 16.8. The van der Waals surface area contributed by atoms with Crippen molar-refractivity contribution in [3.63, 3.8) is 0 Å². The zero-order valence-electron chi connectivity index (χ0n) is 17.3. The highest BCUT2D eigenvalue weighted by Gasteiger charge is 2.23. The largest absolute Gasteiger partial charge is 0.371 e. The first-order valence-corrected chi connectivity index (χ1v) is 10.8. The van der Waals surface area contributed by atoms with Crippen LogP contribution in [0.1, 0.15) is 44.6 Å². The Morgan fingerprint density at radius 2 is 2.17 bits per heavy atom. The first kappa shape index (κ1) is 24.0. The lowest BCUT2D eigenvalue weighted by Crippen LogP contribution is -2.40. The van der Waals surface area contributed by atoms with Gasteiger partial charge in [0.05, 0.1) is 5.69 Å². The van der Waals surface area contributed by atoms with Crippen LogP contribution in [-0.2, 0) is 6.54 Å². The molecule has 29 heavy (non-hydrogen) atoms. The summed E-state index contributed by atoms with van der Waals surface area (Å²) in [5.41, 5.74) is 2.26. The predicted octanol–water partition coefficient (Wildman–Crippen LogP) is 4.76. The van der Waals surface area contributed by atoms with Crippen LogP contribution in [0.4, 0.5) is 5.69 Å². The van der Waals surface area contributed by atoms with Gasteiger partial charge < -0.3 is 20.1 Å². The van der Waals surface area contributed by atoms with Crippen molar-refractivity contribution in [1.82, 2.24) is 15.8 Å². The number of halogens is 2. The third kappa shape index (κ3) is 7.16. The molecule has 8 heteroatoms. The van der Waals surface area contributed by atoms with E-state index in [4.69, 9.17) is 4.52 Å². The smallest absolute Gasteiger partial charge is 0.191 e. The van der Waals surface area contributed by atoms with E-state index in [1.807, 2.05) is 6.07 Å². The Hall–Kier alpha value is -1.29. The summed E-state index contributed by atoms with van der Waals surface area (Å²) in [4.78, 5) is 7.09. The van der Waals surface area contributed by atoms with Gasteiger partial charge in [-0.15, -0.1) is 24.0 Å².